The van der Waals surface area contributed by atoms with Gasteiger partial charge in [0.25, 0.3) is 11.8 Å². The van der Waals surface area contributed by atoms with E-state index in [2.05, 4.69) is 15.3 Å². The van der Waals surface area contributed by atoms with Crippen LogP contribution in [-0.4, -0.2) is 47.5 Å². The molecule has 1 atom stereocenters. The summed E-state index contributed by atoms with van der Waals surface area (Å²) in [6.07, 6.45) is 0. The molecule has 4 aromatic carbocycles. The van der Waals surface area contributed by atoms with E-state index in [0.29, 0.717) is 40.3 Å². The molecule has 0 saturated carbocycles. The zero-order chi connectivity index (χ0) is 34.6. The Bertz CT molecular complexity index is 1960. The fourth-order valence-electron chi connectivity index (χ4n) is 5.03. The molecule has 5 aromatic rings. The third-order valence-electron chi connectivity index (χ3n) is 7.45. The van der Waals surface area contributed by atoms with E-state index in [1.807, 2.05) is 55.5 Å². The van der Waals surface area contributed by atoms with E-state index in [0.717, 1.165) is 11.1 Å². The molecule has 1 heterocycles. The van der Waals surface area contributed by atoms with Crippen LogP contribution in [-0.2, 0) is 16.1 Å². The van der Waals surface area contributed by atoms with E-state index in [1.165, 1.54) is 12.0 Å². The van der Waals surface area contributed by atoms with Gasteiger partial charge in [0.1, 0.15) is 35.0 Å². The first-order valence-corrected chi connectivity index (χ1v) is 15.4. The standard InChI is InChI=1S/C37H39N5O6/c1-22-15-18-28(30(19-22)47-21-23-11-8-7-9-12-23)42(5)35(44)24-16-17-26(29(20-24)46-6)40-34(43)25-13-10-14-27-32(25)41-33(39-27)31(38)36(45)48-37(2,3)4/h7-20,31H,21,38H2,1-6H3,(H,39,41)(H,40,43). The van der Waals surface area contributed by atoms with Crippen LogP contribution in [0, 0.1) is 6.92 Å². The first-order valence-electron chi connectivity index (χ1n) is 15.4. The maximum atomic E-state index is 13.7. The summed E-state index contributed by atoms with van der Waals surface area (Å²) < 4.78 is 17.1. The number of nitrogens with zero attached hydrogens (tertiary/aromatic N) is 2. The van der Waals surface area contributed by atoms with Gasteiger partial charge in [0.15, 0.2) is 6.04 Å². The van der Waals surface area contributed by atoms with E-state index in [-0.39, 0.29) is 23.0 Å². The number of esters is 1. The van der Waals surface area contributed by atoms with Gasteiger partial charge in [-0.05, 0) is 81.3 Å². The van der Waals surface area contributed by atoms with Gasteiger partial charge < -0.3 is 35.1 Å². The number of aromatic amines is 1. The number of H-pyrrole nitrogens is 1. The molecule has 1 aromatic heterocycles. The van der Waals surface area contributed by atoms with Crippen LogP contribution in [0.5, 0.6) is 11.5 Å². The lowest BCUT2D eigenvalue weighted by molar-refractivity contribution is -0.156. The number of carbonyl (C=O) groups is 3. The number of hydrogen-bond acceptors (Lipinski definition) is 8. The van der Waals surface area contributed by atoms with Crippen LogP contribution in [0.4, 0.5) is 11.4 Å². The quantitative estimate of drug-likeness (QED) is 0.149. The summed E-state index contributed by atoms with van der Waals surface area (Å²) in [5, 5.41) is 2.85. The SMILES string of the molecule is COc1cc(C(=O)N(C)c2ccc(C)cc2OCc2ccccc2)ccc1NC(=O)c1cccc2[nH]c(C(N)C(=O)OC(C)(C)C)nc12. The third kappa shape index (κ3) is 7.64. The number of para-hydroxylation sites is 1. The topological polar surface area (TPSA) is 149 Å². The number of aromatic nitrogens is 2. The van der Waals surface area contributed by atoms with E-state index < -0.39 is 23.5 Å². The molecule has 0 spiro atoms. The number of carbonyl (C=O) groups excluding carboxylic acids is 3. The molecule has 0 aliphatic carbocycles. The van der Waals surface area contributed by atoms with E-state index in [1.54, 1.807) is 64.2 Å². The molecule has 0 radical (unpaired) electrons. The Kier molecular flexibility index (Phi) is 9.81. The smallest absolute Gasteiger partial charge is 0.331 e. The highest BCUT2D eigenvalue weighted by molar-refractivity contribution is 6.12. The van der Waals surface area contributed by atoms with Crippen molar-refractivity contribution in [3.63, 3.8) is 0 Å². The van der Waals surface area contributed by atoms with Gasteiger partial charge in [-0.2, -0.15) is 0 Å². The highest BCUT2D eigenvalue weighted by atomic mass is 16.6. The van der Waals surface area contributed by atoms with Crippen molar-refractivity contribution < 1.29 is 28.6 Å². The van der Waals surface area contributed by atoms with Crippen molar-refractivity contribution >= 4 is 40.2 Å². The number of benzene rings is 4. The zero-order valence-corrected chi connectivity index (χ0v) is 27.8. The van der Waals surface area contributed by atoms with Crippen LogP contribution >= 0.6 is 0 Å². The molecule has 0 saturated heterocycles. The molecule has 4 N–H and O–H groups in total. The van der Waals surface area contributed by atoms with Gasteiger partial charge in [0.05, 0.1) is 29.6 Å². The number of fused-ring (bicyclic) bond motifs is 1. The second-order valence-corrected chi connectivity index (χ2v) is 12.3. The van der Waals surface area contributed by atoms with Crippen molar-refractivity contribution in [1.29, 1.82) is 0 Å². The lowest BCUT2D eigenvalue weighted by Crippen LogP contribution is -2.32. The van der Waals surface area contributed by atoms with Crippen molar-refractivity contribution in [1.82, 2.24) is 9.97 Å². The fraction of sp³-hybridized carbons (Fsp3) is 0.243. The minimum Gasteiger partial charge on any atom is -0.495 e. The molecule has 11 heteroatoms. The molecular weight excluding hydrogens is 610 g/mol. The Morgan fingerprint density at radius 2 is 1.71 bits per heavy atom. The molecule has 0 aliphatic rings. The first-order chi connectivity index (χ1) is 22.8. The molecule has 0 fully saturated rings. The minimum absolute atomic E-state index is 0.172. The van der Waals surface area contributed by atoms with Gasteiger partial charge in [0, 0.05) is 12.6 Å². The Morgan fingerprint density at radius 3 is 2.42 bits per heavy atom. The highest BCUT2D eigenvalue weighted by Crippen LogP contribution is 2.33. The lowest BCUT2D eigenvalue weighted by Gasteiger charge is -2.22. The molecule has 1 unspecified atom stereocenters. The highest BCUT2D eigenvalue weighted by Gasteiger charge is 2.27. The minimum atomic E-state index is -1.16. The summed E-state index contributed by atoms with van der Waals surface area (Å²) in [4.78, 5) is 48.7. The Morgan fingerprint density at radius 1 is 0.958 bits per heavy atom. The zero-order valence-electron chi connectivity index (χ0n) is 27.8. The molecular formula is C37H39N5O6. The predicted octanol–water partition coefficient (Wildman–Crippen LogP) is 6.33. The number of anilines is 2. The number of ether oxygens (including phenoxy) is 3. The summed E-state index contributed by atoms with van der Waals surface area (Å²) in [6.45, 7) is 7.55. The number of aryl methyl sites for hydroxylation is 1. The van der Waals surface area contributed by atoms with Crippen LogP contribution in [0.2, 0.25) is 0 Å². The normalized spacial score (nSPS) is 11.9. The summed E-state index contributed by atoms with van der Waals surface area (Å²) in [7, 11) is 3.13. The van der Waals surface area contributed by atoms with Gasteiger partial charge >= 0.3 is 5.97 Å². The van der Waals surface area contributed by atoms with E-state index >= 15 is 0 Å². The number of amides is 2. The van der Waals surface area contributed by atoms with Gasteiger partial charge in [-0.15, -0.1) is 0 Å². The van der Waals surface area contributed by atoms with Crippen molar-refractivity contribution in [2.45, 2.75) is 45.9 Å². The average molecular weight is 650 g/mol. The Labute approximate surface area is 279 Å². The Balaban J connectivity index is 1.34. The monoisotopic (exact) mass is 649 g/mol. The molecule has 2 amide bonds. The fourth-order valence-corrected chi connectivity index (χ4v) is 5.03. The number of nitrogens with two attached hydrogens (primary N) is 1. The number of nitrogens with one attached hydrogen (secondary N) is 2. The van der Waals surface area contributed by atoms with Crippen LogP contribution in [0.3, 0.4) is 0 Å². The summed E-state index contributed by atoms with van der Waals surface area (Å²) in [5.41, 5.74) is 9.81. The van der Waals surface area contributed by atoms with E-state index in [4.69, 9.17) is 19.9 Å². The van der Waals surface area contributed by atoms with E-state index in [9.17, 15) is 14.4 Å². The van der Waals surface area contributed by atoms with Gasteiger partial charge in [-0.3, -0.25) is 9.59 Å². The van der Waals surface area contributed by atoms with Crippen LogP contribution in [0.1, 0.15) is 64.5 Å². The van der Waals surface area contributed by atoms with Crippen LogP contribution in [0.25, 0.3) is 11.0 Å². The molecule has 0 aliphatic heterocycles. The number of hydrogen-bond donors (Lipinski definition) is 3. The summed E-state index contributed by atoms with van der Waals surface area (Å²) in [5.74, 6) is -0.377. The average Bonchev–Trinajstić information content (AvgIpc) is 3.51. The van der Waals surface area contributed by atoms with Crippen molar-refractivity contribution in [2.75, 3.05) is 24.4 Å². The van der Waals surface area contributed by atoms with Crippen molar-refractivity contribution in [3.8, 4) is 11.5 Å². The largest absolute Gasteiger partial charge is 0.495 e. The molecule has 11 nitrogen and oxygen atoms in total. The predicted molar refractivity (Wildman–Crippen MR) is 185 cm³/mol. The van der Waals surface area contributed by atoms with Crippen molar-refractivity contribution in [3.05, 3.63) is 113 Å². The lowest BCUT2D eigenvalue weighted by atomic mass is 10.1. The van der Waals surface area contributed by atoms with Crippen LogP contribution in [0.15, 0.2) is 84.9 Å². The summed E-state index contributed by atoms with van der Waals surface area (Å²) in [6, 6.07) is 24.1. The number of imidazole rings is 1. The van der Waals surface area contributed by atoms with Crippen molar-refractivity contribution in [2.24, 2.45) is 5.73 Å². The molecule has 248 valence electrons. The van der Waals surface area contributed by atoms with Gasteiger partial charge in [-0.1, -0.05) is 42.5 Å². The first kappa shape index (κ1) is 33.7. The maximum Gasteiger partial charge on any atom is 0.331 e. The van der Waals surface area contributed by atoms with Gasteiger partial charge in [0.2, 0.25) is 0 Å². The molecule has 48 heavy (non-hydrogen) atoms. The molecule has 5 rings (SSSR count). The maximum absolute atomic E-state index is 13.7. The number of methoxy groups -OCH3 is 1. The second-order valence-electron chi connectivity index (χ2n) is 12.3. The van der Waals surface area contributed by atoms with Crippen LogP contribution < -0.4 is 25.4 Å². The third-order valence-corrected chi connectivity index (χ3v) is 7.45. The molecule has 0 bridgehead atoms. The summed E-state index contributed by atoms with van der Waals surface area (Å²) >= 11 is 0. The second kappa shape index (κ2) is 14.0. The van der Waals surface area contributed by atoms with Gasteiger partial charge in [-0.25, -0.2) is 9.78 Å². The number of rotatable bonds is 10. The Hall–Kier alpha value is -5.68.